The van der Waals surface area contributed by atoms with Crippen LogP contribution >= 0.6 is 0 Å². The lowest BCUT2D eigenvalue weighted by Gasteiger charge is -2.09. The van der Waals surface area contributed by atoms with Gasteiger partial charge in [0.05, 0.1) is 13.7 Å². The normalized spacial score (nSPS) is 11.9. The molecule has 1 atom stereocenters. The van der Waals surface area contributed by atoms with Gasteiger partial charge in [-0.2, -0.15) is 0 Å². The minimum absolute atomic E-state index is 0.109. The summed E-state index contributed by atoms with van der Waals surface area (Å²) in [6.45, 7) is 0.519. The number of hydrogen-bond acceptors (Lipinski definition) is 5. The number of esters is 1. The molecule has 0 fully saturated rings. The van der Waals surface area contributed by atoms with Gasteiger partial charge in [0, 0.05) is 6.42 Å². The molecule has 4 N–H and O–H groups in total. The van der Waals surface area contributed by atoms with Crippen molar-refractivity contribution in [3.8, 4) is 0 Å². The molecule has 0 radical (unpaired) electrons. The highest BCUT2D eigenvalue weighted by Gasteiger charge is 2.15. The Balaban J connectivity index is 3.53. The fourth-order valence-electron chi connectivity index (χ4n) is 1.12. The quantitative estimate of drug-likeness (QED) is 0.374. The lowest BCUT2D eigenvalue weighted by molar-refractivity contribution is -0.150. The molecule has 94 valence electrons. The van der Waals surface area contributed by atoms with E-state index in [4.69, 9.17) is 5.73 Å². The smallest absolute Gasteiger partial charge is 0.336 e. The lowest BCUT2D eigenvalue weighted by Crippen LogP contribution is -2.37. The van der Waals surface area contributed by atoms with E-state index in [2.05, 4.69) is 10.1 Å². The van der Waals surface area contributed by atoms with Gasteiger partial charge in [-0.25, -0.2) is 4.79 Å². The highest BCUT2D eigenvalue weighted by atomic mass is 16.5. The van der Waals surface area contributed by atoms with Crippen LogP contribution in [0.25, 0.3) is 0 Å². The van der Waals surface area contributed by atoms with Gasteiger partial charge >= 0.3 is 5.97 Å². The molecule has 0 aliphatic carbocycles. The van der Waals surface area contributed by atoms with Crippen molar-refractivity contribution < 1.29 is 19.4 Å². The molecule has 0 aromatic carbocycles. The minimum Gasteiger partial charge on any atom is -0.467 e. The summed E-state index contributed by atoms with van der Waals surface area (Å²) in [5.74, 6) is -0.927. The molecule has 0 spiro atoms. The number of nitrogens with two attached hydrogens (primary N) is 1. The Hall–Kier alpha value is -1.14. The Kier molecular flexibility index (Phi) is 8.46. The van der Waals surface area contributed by atoms with Gasteiger partial charge in [-0.3, -0.25) is 4.79 Å². The number of aliphatic hydroxyl groups excluding tert-OH is 1. The molecule has 1 amide bonds. The molecule has 0 rings (SSSR count). The zero-order valence-corrected chi connectivity index (χ0v) is 9.57. The second kappa shape index (κ2) is 9.11. The highest BCUT2D eigenvalue weighted by Crippen LogP contribution is 1.98. The first-order valence-electron chi connectivity index (χ1n) is 5.34. The zero-order valence-electron chi connectivity index (χ0n) is 9.57. The molecular weight excluding hydrogens is 212 g/mol. The Morgan fingerprint density at radius 3 is 2.62 bits per heavy atom. The van der Waals surface area contributed by atoms with Gasteiger partial charge in [0.1, 0.15) is 0 Å². The summed E-state index contributed by atoms with van der Waals surface area (Å²) in [7, 11) is 1.18. The Morgan fingerprint density at radius 2 is 2.06 bits per heavy atom. The number of nitrogens with one attached hydrogen (secondary N) is 1. The second-order valence-corrected chi connectivity index (χ2v) is 3.44. The second-order valence-electron chi connectivity index (χ2n) is 3.44. The van der Waals surface area contributed by atoms with E-state index in [1.807, 2.05) is 0 Å². The summed E-state index contributed by atoms with van der Waals surface area (Å²) in [6.07, 6.45) is 1.66. The van der Waals surface area contributed by atoms with Crippen LogP contribution < -0.4 is 11.1 Å². The van der Waals surface area contributed by atoms with Crippen LogP contribution in [-0.4, -0.2) is 43.3 Å². The van der Waals surface area contributed by atoms with Gasteiger partial charge in [-0.05, 0) is 19.4 Å². The number of carbonyl (C=O) groups is 2. The van der Waals surface area contributed by atoms with Crippen LogP contribution in [-0.2, 0) is 14.3 Å². The summed E-state index contributed by atoms with van der Waals surface area (Å²) in [4.78, 5) is 22.0. The molecule has 6 nitrogen and oxygen atoms in total. The molecule has 0 aromatic rings. The molecule has 0 aromatic heterocycles. The molecule has 16 heavy (non-hydrogen) atoms. The van der Waals surface area contributed by atoms with Crippen molar-refractivity contribution in [2.24, 2.45) is 5.73 Å². The minimum atomic E-state index is -1.29. The highest BCUT2D eigenvalue weighted by molar-refractivity contribution is 5.78. The van der Waals surface area contributed by atoms with E-state index in [1.165, 1.54) is 7.11 Å². The number of ether oxygens (including phenoxy) is 1. The van der Waals surface area contributed by atoms with Crippen molar-refractivity contribution in [2.75, 3.05) is 20.2 Å². The molecule has 6 heteroatoms. The summed E-state index contributed by atoms with van der Waals surface area (Å²) in [5.41, 5.74) is 5.31. The zero-order chi connectivity index (χ0) is 12.4. The van der Waals surface area contributed by atoms with Crippen LogP contribution in [0, 0.1) is 0 Å². The van der Waals surface area contributed by atoms with Crippen LogP contribution in [0.3, 0.4) is 0 Å². The van der Waals surface area contributed by atoms with Crippen LogP contribution in [0.4, 0.5) is 0 Å². The van der Waals surface area contributed by atoms with E-state index >= 15 is 0 Å². The van der Waals surface area contributed by atoms with Crippen LogP contribution in [0.5, 0.6) is 0 Å². The average Bonchev–Trinajstić information content (AvgIpc) is 2.30. The molecule has 0 aliphatic heterocycles. The third-order valence-corrected chi connectivity index (χ3v) is 2.07. The summed E-state index contributed by atoms with van der Waals surface area (Å²) >= 11 is 0. The van der Waals surface area contributed by atoms with Crippen LogP contribution in [0.2, 0.25) is 0 Å². The molecule has 0 heterocycles. The van der Waals surface area contributed by atoms with Gasteiger partial charge in [0.15, 0.2) is 6.10 Å². The van der Waals surface area contributed by atoms with Crippen LogP contribution in [0.15, 0.2) is 0 Å². The fraction of sp³-hybridized carbons (Fsp3) is 0.800. The molecule has 0 saturated heterocycles. The molecule has 1 unspecified atom stereocenters. The summed E-state index contributed by atoms with van der Waals surface area (Å²) in [6, 6.07) is 0. The van der Waals surface area contributed by atoms with Gasteiger partial charge in [-0.1, -0.05) is 6.42 Å². The van der Waals surface area contributed by atoms with Gasteiger partial charge < -0.3 is 20.9 Å². The molecular formula is C10H20N2O4. The molecule has 0 saturated carbocycles. The Bertz CT molecular complexity index is 221. The Labute approximate surface area is 95.1 Å². The van der Waals surface area contributed by atoms with Crippen molar-refractivity contribution in [3.05, 3.63) is 0 Å². The third kappa shape index (κ3) is 7.19. The first-order valence-corrected chi connectivity index (χ1v) is 5.34. The van der Waals surface area contributed by atoms with Crippen molar-refractivity contribution in [1.29, 1.82) is 0 Å². The standard InChI is InChI=1S/C10H20N2O4/c1-16-10(15)8(13)7-12-9(14)5-3-2-4-6-11/h8,13H,2-7,11H2,1H3,(H,12,14). The average molecular weight is 232 g/mol. The number of rotatable bonds is 8. The van der Waals surface area contributed by atoms with Crippen molar-refractivity contribution in [1.82, 2.24) is 5.32 Å². The maximum Gasteiger partial charge on any atom is 0.336 e. The number of carbonyl (C=O) groups excluding carboxylic acids is 2. The van der Waals surface area contributed by atoms with E-state index in [-0.39, 0.29) is 12.5 Å². The van der Waals surface area contributed by atoms with Crippen molar-refractivity contribution in [3.63, 3.8) is 0 Å². The molecule has 0 bridgehead atoms. The first-order chi connectivity index (χ1) is 7.61. The number of hydrogen-bond donors (Lipinski definition) is 3. The summed E-state index contributed by atoms with van der Waals surface area (Å²) in [5, 5.41) is 11.6. The largest absolute Gasteiger partial charge is 0.467 e. The topological polar surface area (TPSA) is 102 Å². The van der Waals surface area contributed by atoms with Gasteiger partial charge in [0.2, 0.25) is 5.91 Å². The van der Waals surface area contributed by atoms with Crippen molar-refractivity contribution >= 4 is 11.9 Å². The van der Waals surface area contributed by atoms with E-state index in [1.54, 1.807) is 0 Å². The van der Waals surface area contributed by atoms with E-state index < -0.39 is 12.1 Å². The van der Waals surface area contributed by atoms with Gasteiger partial charge in [0.25, 0.3) is 0 Å². The summed E-state index contributed by atoms with van der Waals surface area (Å²) < 4.78 is 4.30. The third-order valence-electron chi connectivity index (χ3n) is 2.07. The predicted molar refractivity (Wildman–Crippen MR) is 58.6 cm³/mol. The number of amides is 1. The van der Waals surface area contributed by atoms with Gasteiger partial charge in [-0.15, -0.1) is 0 Å². The van der Waals surface area contributed by atoms with E-state index in [9.17, 15) is 14.7 Å². The fourth-order valence-corrected chi connectivity index (χ4v) is 1.12. The number of unbranched alkanes of at least 4 members (excludes halogenated alkanes) is 2. The van der Waals surface area contributed by atoms with Crippen LogP contribution in [0.1, 0.15) is 25.7 Å². The lowest BCUT2D eigenvalue weighted by atomic mass is 10.2. The predicted octanol–water partition coefficient (Wildman–Crippen LogP) is -0.844. The van der Waals surface area contributed by atoms with E-state index in [0.29, 0.717) is 13.0 Å². The monoisotopic (exact) mass is 232 g/mol. The molecule has 0 aliphatic rings. The maximum atomic E-state index is 11.2. The Morgan fingerprint density at radius 1 is 1.38 bits per heavy atom. The number of aliphatic hydroxyl groups is 1. The SMILES string of the molecule is COC(=O)C(O)CNC(=O)CCCCCN. The number of methoxy groups -OCH3 is 1. The van der Waals surface area contributed by atoms with E-state index in [0.717, 1.165) is 19.3 Å². The van der Waals surface area contributed by atoms with Crippen molar-refractivity contribution in [2.45, 2.75) is 31.8 Å². The maximum absolute atomic E-state index is 11.2. The first kappa shape index (κ1) is 14.9.